The van der Waals surface area contributed by atoms with E-state index in [1.54, 1.807) is 6.07 Å². The summed E-state index contributed by atoms with van der Waals surface area (Å²) in [6.45, 7) is 2.00. The Hall–Kier alpha value is -1.23. The normalized spacial score (nSPS) is 11.3. The van der Waals surface area contributed by atoms with Crippen LogP contribution in [0.25, 0.3) is 0 Å². The van der Waals surface area contributed by atoms with Crippen LogP contribution in [0.5, 0.6) is 5.75 Å². The molecule has 84 valence electrons. The van der Waals surface area contributed by atoms with Crippen LogP contribution in [0.15, 0.2) is 18.2 Å². The fraction of sp³-hybridized carbons (Fsp3) is 0.400. The molecule has 0 aliphatic heterocycles. The Morgan fingerprint density at radius 1 is 1.40 bits per heavy atom. The number of hydrogen-bond donors (Lipinski definition) is 1. The summed E-state index contributed by atoms with van der Waals surface area (Å²) in [7, 11) is -2.99. The zero-order chi connectivity index (χ0) is 11.5. The van der Waals surface area contributed by atoms with Crippen LogP contribution in [0.3, 0.4) is 0 Å². The lowest BCUT2D eigenvalue weighted by molar-refractivity contribution is 0.340. The van der Waals surface area contributed by atoms with Crippen molar-refractivity contribution in [2.75, 3.05) is 24.3 Å². The van der Waals surface area contributed by atoms with Crippen LogP contribution in [-0.4, -0.2) is 27.0 Å². The number of aryl methyl sites for hydroxylation is 1. The summed E-state index contributed by atoms with van der Waals surface area (Å²) in [5.74, 6) is 0.571. The third-order valence-electron chi connectivity index (χ3n) is 1.94. The number of sulfone groups is 1. The second kappa shape index (κ2) is 4.53. The molecule has 0 heterocycles. The number of nitrogens with two attached hydrogens (primary N) is 1. The van der Waals surface area contributed by atoms with Gasteiger partial charge in [-0.05, 0) is 18.6 Å². The van der Waals surface area contributed by atoms with Crippen molar-refractivity contribution in [2.24, 2.45) is 0 Å². The van der Waals surface area contributed by atoms with E-state index in [1.807, 2.05) is 19.1 Å². The van der Waals surface area contributed by atoms with E-state index in [0.717, 1.165) is 5.56 Å². The molecule has 15 heavy (non-hydrogen) atoms. The zero-order valence-electron chi connectivity index (χ0n) is 8.86. The Balaban J connectivity index is 2.66. The first-order valence-electron chi connectivity index (χ1n) is 4.56. The zero-order valence-corrected chi connectivity index (χ0v) is 9.67. The molecule has 0 atom stereocenters. The van der Waals surface area contributed by atoms with Crippen LogP contribution in [0, 0.1) is 6.92 Å². The standard InChI is InChI=1S/C10H15NO3S/c1-8-4-3-5-9(11)10(8)14-6-7-15(2,12)13/h3-5H,6-7,11H2,1-2H3. The van der Waals surface area contributed by atoms with Gasteiger partial charge >= 0.3 is 0 Å². The van der Waals surface area contributed by atoms with Crippen LogP contribution in [0.2, 0.25) is 0 Å². The number of ether oxygens (including phenoxy) is 1. The van der Waals surface area contributed by atoms with Crippen LogP contribution in [0.1, 0.15) is 5.56 Å². The summed E-state index contributed by atoms with van der Waals surface area (Å²) in [6, 6.07) is 5.42. The summed E-state index contributed by atoms with van der Waals surface area (Å²) in [5, 5.41) is 0. The first-order valence-corrected chi connectivity index (χ1v) is 6.62. The molecule has 0 saturated heterocycles. The molecule has 0 aromatic heterocycles. The lowest BCUT2D eigenvalue weighted by Gasteiger charge is -2.10. The van der Waals surface area contributed by atoms with Gasteiger partial charge in [-0.25, -0.2) is 8.42 Å². The average molecular weight is 229 g/mol. The van der Waals surface area contributed by atoms with Crippen molar-refractivity contribution in [1.82, 2.24) is 0 Å². The van der Waals surface area contributed by atoms with Crippen molar-refractivity contribution >= 4 is 15.5 Å². The minimum Gasteiger partial charge on any atom is -0.490 e. The molecule has 1 aromatic carbocycles. The molecule has 0 saturated carbocycles. The number of hydrogen-bond acceptors (Lipinski definition) is 4. The van der Waals surface area contributed by atoms with Gasteiger partial charge in [0, 0.05) is 6.26 Å². The quantitative estimate of drug-likeness (QED) is 0.782. The van der Waals surface area contributed by atoms with Crippen LogP contribution < -0.4 is 10.5 Å². The van der Waals surface area contributed by atoms with Crippen LogP contribution in [0.4, 0.5) is 5.69 Å². The highest BCUT2D eigenvalue weighted by Crippen LogP contribution is 2.25. The van der Waals surface area contributed by atoms with Crippen LogP contribution in [-0.2, 0) is 9.84 Å². The van der Waals surface area contributed by atoms with Gasteiger partial charge in [0.1, 0.15) is 12.4 Å². The lowest BCUT2D eigenvalue weighted by atomic mass is 10.2. The molecule has 4 nitrogen and oxygen atoms in total. The fourth-order valence-electron chi connectivity index (χ4n) is 1.17. The minimum atomic E-state index is -2.99. The maximum Gasteiger partial charge on any atom is 0.150 e. The van der Waals surface area contributed by atoms with Gasteiger partial charge in [0.05, 0.1) is 11.4 Å². The average Bonchev–Trinajstić information content (AvgIpc) is 2.08. The number of rotatable bonds is 4. The lowest BCUT2D eigenvalue weighted by Crippen LogP contribution is -2.13. The summed E-state index contributed by atoms with van der Waals surface area (Å²) in [6.07, 6.45) is 1.18. The van der Waals surface area contributed by atoms with Crippen molar-refractivity contribution in [3.8, 4) is 5.75 Å². The van der Waals surface area contributed by atoms with Gasteiger partial charge in [-0.15, -0.1) is 0 Å². The molecule has 5 heteroatoms. The van der Waals surface area contributed by atoms with Gasteiger partial charge in [-0.3, -0.25) is 0 Å². The SMILES string of the molecule is Cc1cccc(N)c1OCCS(C)(=O)=O. The Morgan fingerprint density at radius 2 is 2.07 bits per heavy atom. The molecular formula is C10H15NO3S. The second-order valence-corrected chi connectivity index (χ2v) is 5.73. The second-order valence-electron chi connectivity index (χ2n) is 3.47. The predicted molar refractivity (Wildman–Crippen MR) is 60.8 cm³/mol. The topological polar surface area (TPSA) is 69.4 Å². The summed E-state index contributed by atoms with van der Waals surface area (Å²) >= 11 is 0. The van der Waals surface area contributed by atoms with Crippen molar-refractivity contribution < 1.29 is 13.2 Å². The van der Waals surface area contributed by atoms with Gasteiger partial charge in [0.15, 0.2) is 9.84 Å². The molecule has 0 aliphatic rings. The van der Waals surface area contributed by atoms with E-state index in [0.29, 0.717) is 11.4 Å². The number of benzene rings is 1. The third-order valence-corrected chi connectivity index (χ3v) is 2.85. The molecule has 0 fully saturated rings. The van der Waals surface area contributed by atoms with Gasteiger partial charge in [-0.1, -0.05) is 12.1 Å². The van der Waals surface area contributed by atoms with Crippen LogP contribution >= 0.6 is 0 Å². The Bertz CT molecular complexity index is 420. The highest BCUT2D eigenvalue weighted by Gasteiger charge is 2.06. The highest BCUT2D eigenvalue weighted by molar-refractivity contribution is 7.90. The Kier molecular flexibility index (Phi) is 3.57. The Morgan fingerprint density at radius 3 is 2.60 bits per heavy atom. The number of para-hydroxylation sites is 1. The van der Waals surface area contributed by atoms with E-state index in [2.05, 4.69) is 0 Å². The maximum absolute atomic E-state index is 10.9. The van der Waals surface area contributed by atoms with E-state index in [-0.39, 0.29) is 12.4 Å². The van der Waals surface area contributed by atoms with Gasteiger partial charge in [0.2, 0.25) is 0 Å². The molecule has 0 unspecified atom stereocenters. The molecule has 1 rings (SSSR count). The molecule has 1 aromatic rings. The van der Waals surface area contributed by atoms with E-state index in [1.165, 1.54) is 6.26 Å². The molecule has 0 spiro atoms. The van der Waals surface area contributed by atoms with Crippen molar-refractivity contribution in [1.29, 1.82) is 0 Å². The molecule has 0 bridgehead atoms. The predicted octanol–water partition coefficient (Wildman–Crippen LogP) is 1.00. The van der Waals surface area contributed by atoms with E-state index in [4.69, 9.17) is 10.5 Å². The fourth-order valence-corrected chi connectivity index (χ4v) is 1.55. The Labute approximate surface area is 90.0 Å². The summed E-state index contributed by atoms with van der Waals surface area (Å²) in [4.78, 5) is 0. The van der Waals surface area contributed by atoms with E-state index in [9.17, 15) is 8.42 Å². The van der Waals surface area contributed by atoms with Gasteiger partial charge in [-0.2, -0.15) is 0 Å². The number of anilines is 1. The molecule has 2 N–H and O–H groups in total. The van der Waals surface area contributed by atoms with Gasteiger partial charge in [0.25, 0.3) is 0 Å². The molecule has 0 amide bonds. The minimum absolute atomic E-state index is 0.000768. The molecular weight excluding hydrogens is 214 g/mol. The largest absolute Gasteiger partial charge is 0.490 e. The molecule has 0 radical (unpaired) electrons. The van der Waals surface area contributed by atoms with Crippen molar-refractivity contribution in [3.63, 3.8) is 0 Å². The van der Waals surface area contributed by atoms with Crippen molar-refractivity contribution in [2.45, 2.75) is 6.92 Å². The first kappa shape index (κ1) is 11.8. The van der Waals surface area contributed by atoms with Crippen molar-refractivity contribution in [3.05, 3.63) is 23.8 Å². The van der Waals surface area contributed by atoms with E-state index < -0.39 is 9.84 Å². The summed E-state index contributed by atoms with van der Waals surface area (Å²) < 4.78 is 27.1. The van der Waals surface area contributed by atoms with Gasteiger partial charge < -0.3 is 10.5 Å². The van der Waals surface area contributed by atoms with E-state index >= 15 is 0 Å². The monoisotopic (exact) mass is 229 g/mol. The maximum atomic E-state index is 10.9. The summed E-state index contributed by atoms with van der Waals surface area (Å²) in [5.41, 5.74) is 7.13. The first-order chi connectivity index (χ1) is 6.90. The number of nitrogen functional groups attached to an aromatic ring is 1. The molecule has 0 aliphatic carbocycles. The highest BCUT2D eigenvalue weighted by atomic mass is 32.2. The third kappa shape index (κ3) is 3.79. The smallest absolute Gasteiger partial charge is 0.150 e.